The van der Waals surface area contributed by atoms with Gasteiger partial charge >= 0.3 is 0 Å². The largest absolute Gasteiger partial charge is 0.0622 e. The molecule has 3 aliphatic rings. The van der Waals surface area contributed by atoms with Crippen LogP contribution >= 0.6 is 0 Å². The zero-order chi connectivity index (χ0) is 14.1. The van der Waals surface area contributed by atoms with Gasteiger partial charge in [0.25, 0.3) is 0 Å². The fraction of sp³-hybridized carbons (Fsp3) is 0.429. The molecule has 0 radical (unpaired) electrons. The lowest BCUT2D eigenvalue weighted by Gasteiger charge is -2.31. The number of fused-ring (bicyclic) bond motifs is 4. The fourth-order valence-electron chi connectivity index (χ4n) is 4.84. The summed E-state index contributed by atoms with van der Waals surface area (Å²) >= 11 is 0. The van der Waals surface area contributed by atoms with E-state index >= 15 is 0 Å². The minimum Gasteiger partial charge on any atom is -0.0622 e. The highest BCUT2D eigenvalue weighted by Crippen LogP contribution is 2.53. The third-order valence-corrected chi connectivity index (χ3v) is 5.83. The Morgan fingerprint density at radius 1 is 0.619 bits per heavy atom. The van der Waals surface area contributed by atoms with Crippen LogP contribution in [-0.4, -0.2) is 0 Å². The molecule has 2 unspecified atom stereocenters. The van der Waals surface area contributed by atoms with Crippen LogP contribution in [0.4, 0.5) is 0 Å². The molecule has 0 amide bonds. The lowest BCUT2D eigenvalue weighted by atomic mass is 9.73. The maximum Gasteiger partial charge on any atom is -0.00647 e. The van der Waals surface area contributed by atoms with Crippen molar-refractivity contribution in [3.05, 3.63) is 71.8 Å². The molecular weight excluding hydrogens is 252 g/mol. The molecule has 2 aromatic rings. The molecule has 0 N–H and O–H groups in total. The van der Waals surface area contributed by atoms with E-state index in [1.807, 2.05) is 0 Å². The van der Waals surface area contributed by atoms with E-state index in [1.54, 1.807) is 11.1 Å². The van der Waals surface area contributed by atoms with Gasteiger partial charge in [0.05, 0.1) is 0 Å². The minimum absolute atomic E-state index is 0.716. The van der Waals surface area contributed by atoms with Crippen LogP contribution < -0.4 is 0 Å². The van der Waals surface area contributed by atoms with E-state index in [0.29, 0.717) is 5.92 Å². The molecule has 21 heavy (non-hydrogen) atoms. The van der Waals surface area contributed by atoms with Gasteiger partial charge in [-0.25, -0.2) is 0 Å². The number of rotatable bonds is 2. The third-order valence-electron chi connectivity index (χ3n) is 5.83. The molecular formula is C21H24. The maximum absolute atomic E-state index is 2.36. The second-order valence-electron chi connectivity index (χ2n) is 6.97. The van der Waals surface area contributed by atoms with Gasteiger partial charge < -0.3 is 0 Å². The summed E-state index contributed by atoms with van der Waals surface area (Å²) in [4.78, 5) is 0. The Labute approximate surface area is 128 Å². The summed E-state index contributed by atoms with van der Waals surface area (Å²) in [5.41, 5.74) is 3.13. The second-order valence-corrected chi connectivity index (χ2v) is 6.97. The standard InChI is InChI=1S/C21H24/c1-3-7-17(8-4-1)20-15-16-11-13-19(14-12-16)21(20)18-9-5-2-6-10-18/h1-10,16,19-21H,11-15H2. The first kappa shape index (κ1) is 13.1. The quantitative estimate of drug-likeness (QED) is 0.653. The highest BCUT2D eigenvalue weighted by molar-refractivity contribution is 5.30. The summed E-state index contributed by atoms with van der Waals surface area (Å²) in [5.74, 6) is 3.28. The first-order valence-corrected chi connectivity index (χ1v) is 8.51. The normalized spacial score (nSPS) is 31.8. The van der Waals surface area contributed by atoms with Crippen molar-refractivity contribution >= 4 is 0 Å². The lowest BCUT2D eigenvalue weighted by Crippen LogP contribution is -2.18. The molecule has 0 spiro atoms. The van der Waals surface area contributed by atoms with Crippen LogP contribution in [0.5, 0.6) is 0 Å². The molecule has 0 nitrogen and oxygen atoms in total. The van der Waals surface area contributed by atoms with Crippen molar-refractivity contribution in [3.8, 4) is 0 Å². The zero-order valence-electron chi connectivity index (χ0n) is 12.6. The van der Waals surface area contributed by atoms with E-state index in [9.17, 15) is 0 Å². The lowest BCUT2D eigenvalue weighted by molar-refractivity contribution is 0.291. The Balaban J connectivity index is 1.78. The van der Waals surface area contributed by atoms with Crippen molar-refractivity contribution in [1.29, 1.82) is 0 Å². The molecule has 2 aromatic carbocycles. The summed E-state index contributed by atoms with van der Waals surface area (Å²) in [7, 11) is 0. The molecule has 5 rings (SSSR count). The van der Waals surface area contributed by atoms with Crippen molar-refractivity contribution in [2.75, 3.05) is 0 Å². The summed E-state index contributed by atoms with van der Waals surface area (Å²) in [5, 5.41) is 0. The van der Waals surface area contributed by atoms with Crippen LogP contribution in [-0.2, 0) is 0 Å². The summed E-state index contributed by atoms with van der Waals surface area (Å²) in [6, 6.07) is 22.6. The smallest absolute Gasteiger partial charge is 0.00647 e. The van der Waals surface area contributed by atoms with Gasteiger partial charge in [-0.05, 0) is 54.1 Å². The van der Waals surface area contributed by atoms with Crippen LogP contribution in [0.2, 0.25) is 0 Å². The van der Waals surface area contributed by atoms with Gasteiger partial charge in [-0.3, -0.25) is 0 Å². The van der Waals surface area contributed by atoms with Crippen molar-refractivity contribution in [1.82, 2.24) is 0 Å². The van der Waals surface area contributed by atoms with Crippen LogP contribution in [0.15, 0.2) is 60.7 Å². The van der Waals surface area contributed by atoms with Gasteiger partial charge in [0.1, 0.15) is 0 Å². The van der Waals surface area contributed by atoms with Gasteiger partial charge in [0.2, 0.25) is 0 Å². The highest BCUT2D eigenvalue weighted by atomic mass is 14.4. The van der Waals surface area contributed by atoms with Crippen LogP contribution in [0.3, 0.4) is 0 Å². The average Bonchev–Trinajstić information content (AvgIpc) is 2.86. The summed E-state index contributed by atoms with van der Waals surface area (Å²) in [6.45, 7) is 0. The van der Waals surface area contributed by atoms with Gasteiger partial charge in [0, 0.05) is 0 Å². The Hall–Kier alpha value is -1.56. The average molecular weight is 276 g/mol. The molecule has 0 saturated heterocycles. The molecule has 0 aromatic heterocycles. The maximum atomic E-state index is 2.36. The summed E-state index contributed by atoms with van der Waals surface area (Å²) in [6.07, 6.45) is 7.18. The Morgan fingerprint density at radius 2 is 1.19 bits per heavy atom. The van der Waals surface area contributed by atoms with E-state index in [2.05, 4.69) is 60.7 Å². The summed E-state index contributed by atoms with van der Waals surface area (Å²) < 4.78 is 0. The van der Waals surface area contributed by atoms with Crippen molar-refractivity contribution in [3.63, 3.8) is 0 Å². The molecule has 2 bridgehead atoms. The monoisotopic (exact) mass is 276 g/mol. The number of hydrogen-bond donors (Lipinski definition) is 0. The zero-order valence-corrected chi connectivity index (χ0v) is 12.6. The highest BCUT2D eigenvalue weighted by Gasteiger charge is 2.39. The molecule has 0 heterocycles. The molecule has 3 aliphatic carbocycles. The van der Waals surface area contributed by atoms with Gasteiger partial charge in [-0.15, -0.1) is 0 Å². The van der Waals surface area contributed by atoms with Crippen LogP contribution in [0, 0.1) is 11.8 Å². The Morgan fingerprint density at radius 3 is 1.81 bits per heavy atom. The van der Waals surface area contributed by atoms with Crippen LogP contribution in [0.25, 0.3) is 0 Å². The molecule has 108 valence electrons. The first-order chi connectivity index (χ1) is 10.4. The van der Waals surface area contributed by atoms with E-state index in [0.717, 1.165) is 17.8 Å². The third kappa shape index (κ3) is 2.52. The Kier molecular flexibility index (Phi) is 3.55. The van der Waals surface area contributed by atoms with Crippen molar-refractivity contribution < 1.29 is 0 Å². The minimum atomic E-state index is 0.716. The molecule has 0 heteroatoms. The topological polar surface area (TPSA) is 0 Å². The van der Waals surface area contributed by atoms with Crippen molar-refractivity contribution in [2.24, 2.45) is 11.8 Å². The van der Waals surface area contributed by atoms with Crippen molar-refractivity contribution in [2.45, 2.75) is 43.9 Å². The van der Waals surface area contributed by atoms with Gasteiger partial charge in [0.15, 0.2) is 0 Å². The van der Waals surface area contributed by atoms with Gasteiger partial charge in [-0.1, -0.05) is 73.5 Å². The molecule has 2 atom stereocenters. The van der Waals surface area contributed by atoms with E-state index in [4.69, 9.17) is 0 Å². The van der Waals surface area contributed by atoms with Crippen LogP contribution in [0.1, 0.15) is 55.1 Å². The molecule has 0 aliphatic heterocycles. The predicted octanol–water partition coefficient (Wildman–Crippen LogP) is 5.76. The molecule has 3 fully saturated rings. The number of benzene rings is 2. The van der Waals surface area contributed by atoms with E-state index in [1.165, 1.54) is 32.1 Å². The second kappa shape index (κ2) is 5.67. The van der Waals surface area contributed by atoms with E-state index in [-0.39, 0.29) is 0 Å². The van der Waals surface area contributed by atoms with Gasteiger partial charge in [-0.2, -0.15) is 0 Å². The fourth-order valence-corrected chi connectivity index (χ4v) is 4.84. The molecule has 3 saturated carbocycles. The Bertz CT molecular complexity index is 564. The number of hydrogen-bond acceptors (Lipinski definition) is 0. The first-order valence-electron chi connectivity index (χ1n) is 8.51. The SMILES string of the molecule is c1ccc(C2CC3CCC(CC3)C2c2ccccc2)cc1. The van der Waals surface area contributed by atoms with E-state index < -0.39 is 0 Å². The predicted molar refractivity (Wildman–Crippen MR) is 88.4 cm³/mol.